The van der Waals surface area contributed by atoms with Gasteiger partial charge in [-0.05, 0) is 24.3 Å². The van der Waals surface area contributed by atoms with Gasteiger partial charge in [-0.3, -0.25) is 0 Å². The van der Waals surface area contributed by atoms with Crippen LogP contribution in [0, 0.1) is 0 Å². The number of para-hydroxylation sites is 1. The van der Waals surface area contributed by atoms with Crippen molar-refractivity contribution in [2.24, 2.45) is 9.50 Å². The Bertz CT molecular complexity index is 969. The van der Waals surface area contributed by atoms with Gasteiger partial charge in [0.05, 0.1) is 19.4 Å². The topological polar surface area (TPSA) is 123 Å². The summed E-state index contributed by atoms with van der Waals surface area (Å²) in [6, 6.07) is 10.7. The Morgan fingerprint density at radius 1 is 1.12 bits per heavy atom. The number of sulfonamides is 1. The molecule has 2 aromatic carbocycles. The fourth-order valence-corrected chi connectivity index (χ4v) is 3.58. The van der Waals surface area contributed by atoms with Gasteiger partial charge in [-0.15, -0.1) is 4.40 Å². The Labute approximate surface area is 144 Å². The summed E-state index contributed by atoms with van der Waals surface area (Å²) < 4.78 is 28.0. The largest absolute Gasteiger partial charge is 0.504 e. The molecule has 0 bridgehead atoms. The van der Waals surface area contributed by atoms with Crippen molar-refractivity contribution in [3.8, 4) is 11.5 Å². The van der Waals surface area contributed by atoms with E-state index in [1.807, 2.05) is 0 Å². The second kappa shape index (κ2) is 6.54. The highest BCUT2D eigenvalue weighted by molar-refractivity contribution is 7.90. The molecule has 3 N–H and O–H groups in total. The van der Waals surface area contributed by atoms with Crippen molar-refractivity contribution in [1.82, 2.24) is 5.01 Å². The van der Waals surface area contributed by atoms with E-state index in [1.54, 1.807) is 18.2 Å². The van der Waals surface area contributed by atoms with E-state index in [4.69, 9.17) is 0 Å². The first-order valence-electron chi connectivity index (χ1n) is 7.32. The molecule has 0 aliphatic carbocycles. The zero-order valence-corrected chi connectivity index (χ0v) is 13.8. The summed E-state index contributed by atoms with van der Waals surface area (Å²) in [6.45, 7) is -0.288. The lowest BCUT2D eigenvalue weighted by atomic mass is 10.2. The zero-order valence-electron chi connectivity index (χ0n) is 12.9. The third-order valence-corrected chi connectivity index (χ3v) is 4.88. The fraction of sp³-hybridized carbons (Fsp3) is 0.125. The maximum Gasteiger partial charge on any atom is 0.285 e. The number of phenolic OH excluding ortho intramolecular Hbond substituents is 2. The molecule has 25 heavy (non-hydrogen) atoms. The van der Waals surface area contributed by atoms with Crippen LogP contribution in [0.25, 0.3) is 0 Å². The van der Waals surface area contributed by atoms with Crippen LogP contribution in [-0.2, 0) is 10.0 Å². The lowest BCUT2D eigenvalue weighted by Gasteiger charge is -2.17. The molecule has 8 nitrogen and oxygen atoms in total. The predicted octanol–water partition coefficient (Wildman–Crippen LogP) is 0.875. The number of benzene rings is 2. The number of hydrazone groups is 1. The fourth-order valence-electron chi connectivity index (χ4n) is 2.37. The number of fused-ring (bicyclic) bond motifs is 1. The number of phenols is 2. The number of aromatic hydroxyl groups is 2. The SMILES string of the molecule is O=S1(=O)N=C(N(CCO)N=Cc2cccc(O)c2O)c2ccccc21. The molecular weight excluding hydrogens is 346 g/mol. The van der Waals surface area contributed by atoms with Gasteiger partial charge in [-0.1, -0.05) is 18.2 Å². The molecule has 0 fully saturated rings. The minimum atomic E-state index is -3.81. The van der Waals surface area contributed by atoms with Gasteiger partial charge in [0.1, 0.15) is 4.90 Å². The molecule has 0 unspecified atom stereocenters. The molecule has 0 spiro atoms. The van der Waals surface area contributed by atoms with E-state index >= 15 is 0 Å². The molecule has 3 rings (SSSR count). The molecule has 2 aromatic rings. The molecule has 0 radical (unpaired) electrons. The zero-order chi connectivity index (χ0) is 18.0. The van der Waals surface area contributed by atoms with Crippen LogP contribution < -0.4 is 0 Å². The van der Waals surface area contributed by atoms with Gasteiger partial charge in [-0.25, -0.2) is 5.01 Å². The minimum Gasteiger partial charge on any atom is -0.504 e. The van der Waals surface area contributed by atoms with Gasteiger partial charge in [0, 0.05) is 11.1 Å². The van der Waals surface area contributed by atoms with Crippen LogP contribution in [0.4, 0.5) is 0 Å². The monoisotopic (exact) mass is 361 g/mol. The molecule has 1 aliphatic heterocycles. The Hall–Kier alpha value is -2.91. The van der Waals surface area contributed by atoms with E-state index in [0.717, 1.165) is 0 Å². The van der Waals surface area contributed by atoms with E-state index < -0.39 is 10.0 Å². The van der Waals surface area contributed by atoms with Crippen LogP contribution in [0.2, 0.25) is 0 Å². The van der Waals surface area contributed by atoms with Crippen LogP contribution >= 0.6 is 0 Å². The summed E-state index contributed by atoms with van der Waals surface area (Å²) >= 11 is 0. The van der Waals surface area contributed by atoms with Crippen molar-refractivity contribution in [1.29, 1.82) is 0 Å². The van der Waals surface area contributed by atoms with E-state index in [2.05, 4.69) is 9.50 Å². The van der Waals surface area contributed by atoms with Crippen LogP contribution in [0.5, 0.6) is 11.5 Å². The maximum absolute atomic E-state index is 12.1. The van der Waals surface area contributed by atoms with Gasteiger partial charge >= 0.3 is 0 Å². The first kappa shape index (κ1) is 16.9. The van der Waals surface area contributed by atoms with Crippen LogP contribution in [0.1, 0.15) is 11.1 Å². The third-order valence-electron chi connectivity index (χ3n) is 3.55. The average Bonchev–Trinajstić information content (AvgIpc) is 2.87. The molecule has 130 valence electrons. The molecular formula is C16H15N3O5S. The van der Waals surface area contributed by atoms with E-state index in [9.17, 15) is 23.7 Å². The Morgan fingerprint density at radius 3 is 2.64 bits per heavy atom. The Kier molecular flexibility index (Phi) is 4.43. The lowest BCUT2D eigenvalue weighted by Crippen LogP contribution is -2.28. The van der Waals surface area contributed by atoms with E-state index in [0.29, 0.717) is 5.56 Å². The summed E-state index contributed by atoms with van der Waals surface area (Å²) in [5.74, 6) is -0.569. The summed E-state index contributed by atoms with van der Waals surface area (Å²) in [4.78, 5) is 0.0725. The highest BCUT2D eigenvalue weighted by atomic mass is 32.2. The standard InChI is InChI=1S/C16H15N3O5S/c20-9-8-19(17-10-11-4-3-6-13(21)15(11)22)16-12-5-1-2-7-14(12)25(23,24)18-16/h1-7,10,20-22H,8-9H2. The van der Waals surface area contributed by atoms with Crippen LogP contribution in [-0.4, -0.2) is 53.9 Å². The predicted molar refractivity (Wildman–Crippen MR) is 91.3 cm³/mol. The number of hydrogen-bond acceptors (Lipinski definition) is 7. The molecule has 0 saturated carbocycles. The Balaban J connectivity index is 2.00. The van der Waals surface area contributed by atoms with Crippen molar-refractivity contribution >= 4 is 22.1 Å². The molecule has 0 amide bonds. The highest BCUT2D eigenvalue weighted by Crippen LogP contribution is 2.29. The molecule has 0 atom stereocenters. The lowest BCUT2D eigenvalue weighted by molar-refractivity contribution is 0.254. The summed E-state index contributed by atoms with van der Waals surface area (Å²) in [5.41, 5.74) is 0.617. The number of aliphatic hydroxyl groups is 1. The van der Waals surface area contributed by atoms with Gasteiger partial charge in [-0.2, -0.15) is 13.5 Å². The first-order chi connectivity index (χ1) is 11.9. The molecule has 1 aliphatic rings. The van der Waals surface area contributed by atoms with Crippen LogP contribution in [0.3, 0.4) is 0 Å². The van der Waals surface area contributed by atoms with Gasteiger partial charge in [0.15, 0.2) is 17.3 Å². The molecule has 9 heteroatoms. The van der Waals surface area contributed by atoms with Crippen molar-refractivity contribution < 1.29 is 23.7 Å². The number of nitrogens with zero attached hydrogens (tertiary/aromatic N) is 3. The third kappa shape index (κ3) is 3.19. The molecule has 0 aromatic heterocycles. The first-order valence-corrected chi connectivity index (χ1v) is 8.76. The smallest absolute Gasteiger partial charge is 0.285 e. The average molecular weight is 361 g/mol. The molecule has 0 saturated heterocycles. The summed E-state index contributed by atoms with van der Waals surface area (Å²) in [6.07, 6.45) is 1.25. The van der Waals surface area contributed by atoms with Crippen molar-refractivity contribution in [3.05, 3.63) is 53.6 Å². The van der Waals surface area contributed by atoms with E-state index in [1.165, 1.54) is 35.5 Å². The minimum absolute atomic E-state index is 0.00122. The second-order valence-electron chi connectivity index (χ2n) is 5.19. The van der Waals surface area contributed by atoms with Gasteiger partial charge in [0.2, 0.25) is 0 Å². The van der Waals surface area contributed by atoms with Gasteiger partial charge < -0.3 is 15.3 Å². The van der Waals surface area contributed by atoms with Crippen molar-refractivity contribution in [2.45, 2.75) is 4.90 Å². The number of aliphatic hydroxyl groups excluding tert-OH is 1. The highest BCUT2D eigenvalue weighted by Gasteiger charge is 2.31. The maximum atomic E-state index is 12.1. The Morgan fingerprint density at radius 2 is 1.88 bits per heavy atom. The molecule has 1 heterocycles. The quantitative estimate of drug-likeness (QED) is 0.422. The van der Waals surface area contributed by atoms with Gasteiger partial charge in [0.25, 0.3) is 10.0 Å². The number of hydrogen-bond donors (Lipinski definition) is 3. The second-order valence-corrected chi connectivity index (χ2v) is 6.76. The van der Waals surface area contributed by atoms with E-state index in [-0.39, 0.29) is 40.9 Å². The van der Waals surface area contributed by atoms with Crippen LogP contribution in [0.15, 0.2) is 56.9 Å². The summed E-state index contributed by atoms with van der Waals surface area (Å²) in [5, 5.41) is 33.9. The number of rotatable bonds is 4. The van der Waals surface area contributed by atoms with Crippen molar-refractivity contribution in [3.63, 3.8) is 0 Å². The number of amidine groups is 1. The normalized spacial score (nSPS) is 15.2. The van der Waals surface area contributed by atoms with Crippen molar-refractivity contribution in [2.75, 3.05) is 13.2 Å². The summed E-state index contributed by atoms with van der Waals surface area (Å²) in [7, 11) is -3.81.